The Balaban J connectivity index is 1.57. The van der Waals surface area contributed by atoms with E-state index < -0.39 is 0 Å². The first kappa shape index (κ1) is 13.7. The molecule has 2 heterocycles. The van der Waals surface area contributed by atoms with Gasteiger partial charge in [-0.25, -0.2) is 0 Å². The number of hydrogen-bond donors (Lipinski definition) is 0. The van der Waals surface area contributed by atoms with Crippen LogP contribution in [-0.2, 0) is 14.3 Å². The number of amides is 2. The van der Waals surface area contributed by atoms with Gasteiger partial charge in [0.1, 0.15) is 0 Å². The summed E-state index contributed by atoms with van der Waals surface area (Å²) in [4.78, 5) is 27.4. The minimum absolute atomic E-state index is 0.0480. The molecule has 0 aromatic rings. The number of alkyl halides is 2. The minimum atomic E-state index is -0.0907. The third-order valence-corrected chi connectivity index (χ3v) is 8.70. The Kier molecular flexibility index (Phi) is 3.28. The van der Waals surface area contributed by atoms with Gasteiger partial charge in [0.15, 0.2) is 0 Å². The van der Waals surface area contributed by atoms with Crippen LogP contribution in [0.2, 0.25) is 0 Å². The van der Waals surface area contributed by atoms with Gasteiger partial charge >= 0.3 is 0 Å². The number of rotatable bonds is 2. The normalized spacial score (nSPS) is 50.3. The molecule has 0 radical (unpaired) electrons. The molecular weight excluding hydrogens is 390 g/mol. The monoisotopic (exact) mass is 405 g/mol. The van der Waals surface area contributed by atoms with Crippen LogP contribution in [0.25, 0.3) is 0 Å². The maximum Gasteiger partial charge on any atom is 0.233 e. The average Bonchev–Trinajstić information content (AvgIpc) is 3.15. The third-order valence-electron chi connectivity index (χ3n) is 5.49. The summed E-state index contributed by atoms with van der Waals surface area (Å²) >= 11 is 7.40. The predicted molar refractivity (Wildman–Crippen MR) is 79.7 cm³/mol. The number of halogens is 2. The van der Waals surface area contributed by atoms with Gasteiger partial charge in [0, 0.05) is 16.3 Å². The Morgan fingerprint density at radius 3 is 2.20 bits per heavy atom. The second-order valence-corrected chi connectivity index (χ2v) is 8.54. The van der Waals surface area contributed by atoms with Crippen molar-refractivity contribution in [2.24, 2.45) is 23.7 Å². The number of fused-ring (bicyclic) bond motifs is 5. The van der Waals surface area contributed by atoms with E-state index in [4.69, 9.17) is 4.74 Å². The molecule has 7 atom stereocenters. The van der Waals surface area contributed by atoms with Crippen molar-refractivity contribution in [3.8, 4) is 0 Å². The largest absolute Gasteiger partial charge is 0.376 e. The van der Waals surface area contributed by atoms with E-state index in [9.17, 15) is 9.59 Å². The van der Waals surface area contributed by atoms with Crippen molar-refractivity contribution in [1.82, 2.24) is 4.90 Å². The second kappa shape index (κ2) is 4.78. The van der Waals surface area contributed by atoms with Crippen LogP contribution < -0.4 is 0 Å². The molecule has 20 heavy (non-hydrogen) atoms. The Morgan fingerprint density at radius 1 is 1.10 bits per heavy atom. The lowest BCUT2D eigenvalue weighted by molar-refractivity contribution is -0.142. The summed E-state index contributed by atoms with van der Waals surface area (Å²) in [7, 11) is 0. The van der Waals surface area contributed by atoms with E-state index in [-0.39, 0.29) is 29.8 Å². The van der Waals surface area contributed by atoms with Crippen LogP contribution >= 0.6 is 31.9 Å². The SMILES string of the molecule is O=C1[C@@H]2[C@H]3C[C@@H]([C@@H](Br)[C@H]3Br)[C@H]2C(=O)N1C[C@H]1CCCO1. The fraction of sp³-hybridized carbons (Fsp3) is 0.857. The molecule has 2 aliphatic heterocycles. The summed E-state index contributed by atoms with van der Waals surface area (Å²) < 4.78 is 5.58. The van der Waals surface area contributed by atoms with E-state index in [2.05, 4.69) is 31.9 Å². The number of nitrogens with zero attached hydrogens (tertiary/aromatic N) is 1. The molecule has 4 fully saturated rings. The maximum atomic E-state index is 12.6. The molecule has 0 N–H and O–H groups in total. The number of carbonyl (C=O) groups excluding carboxylic acids is 2. The fourth-order valence-electron chi connectivity index (χ4n) is 4.58. The molecule has 2 amide bonds. The van der Waals surface area contributed by atoms with E-state index in [0.717, 1.165) is 25.9 Å². The molecule has 2 aliphatic carbocycles. The van der Waals surface area contributed by atoms with Gasteiger partial charge in [-0.15, -0.1) is 0 Å². The molecule has 0 aromatic heterocycles. The first-order valence-corrected chi connectivity index (χ1v) is 9.17. The van der Waals surface area contributed by atoms with Crippen molar-refractivity contribution >= 4 is 43.7 Å². The lowest BCUT2D eigenvalue weighted by atomic mass is 9.81. The van der Waals surface area contributed by atoms with Gasteiger partial charge in [0.25, 0.3) is 0 Å². The molecule has 4 nitrogen and oxygen atoms in total. The van der Waals surface area contributed by atoms with E-state index >= 15 is 0 Å². The second-order valence-electron chi connectivity index (χ2n) is 6.43. The molecular formula is C14H17Br2NO3. The van der Waals surface area contributed by atoms with Crippen LogP contribution in [0.5, 0.6) is 0 Å². The van der Waals surface area contributed by atoms with E-state index in [0.29, 0.717) is 28.0 Å². The van der Waals surface area contributed by atoms with Crippen LogP contribution in [0, 0.1) is 23.7 Å². The topological polar surface area (TPSA) is 46.6 Å². The molecule has 0 unspecified atom stereocenters. The van der Waals surface area contributed by atoms with E-state index in [1.807, 2.05) is 0 Å². The summed E-state index contributed by atoms with van der Waals surface area (Å²) in [6, 6.07) is 0. The van der Waals surface area contributed by atoms with Crippen molar-refractivity contribution in [1.29, 1.82) is 0 Å². The summed E-state index contributed by atoms with van der Waals surface area (Å²) in [6.07, 6.45) is 3.04. The molecule has 0 aromatic carbocycles. The van der Waals surface area contributed by atoms with Crippen LogP contribution in [0.3, 0.4) is 0 Å². The van der Waals surface area contributed by atoms with Gasteiger partial charge in [-0.3, -0.25) is 14.5 Å². The highest BCUT2D eigenvalue weighted by Gasteiger charge is 2.66. The number of likely N-dealkylation sites (tertiary alicyclic amines) is 1. The van der Waals surface area contributed by atoms with Crippen molar-refractivity contribution in [3.63, 3.8) is 0 Å². The van der Waals surface area contributed by atoms with Gasteiger partial charge in [0.05, 0.1) is 24.5 Å². The summed E-state index contributed by atoms with van der Waals surface area (Å²) in [6.45, 7) is 1.22. The van der Waals surface area contributed by atoms with E-state index in [1.165, 1.54) is 4.90 Å². The Labute approximate surface area is 134 Å². The number of hydrogen-bond acceptors (Lipinski definition) is 3. The summed E-state index contributed by atoms with van der Waals surface area (Å²) in [5.41, 5.74) is 0. The number of imide groups is 1. The lowest BCUT2D eigenvalue weighted by Crippen LogP contribution is -2.38. The lowest BCUT2D eigenvalue weighted by Gasteiger charge is -2.28. The molecule has 0 spiro atoms. The van der Waals surface area contributed by atoms with Gasteiger partial charge < -0.3 is 4.74 Å². The van der Waals surface area contributed by atoms with Crippen molar-refractivity contribution < 1.29 is 14.3 Å². The quantitative estimate of drug-likeness (QED) is 0.520. The Morgan fingerprint density at radius 2 is 1.70 bits per heavy atom. The fourth-order valence-corrected chi connectivity index (χ4v) is 6.46. The smallest absolute Gasteiger partial charge is 0.233 e. The first-order chi connectivity index (χ1) is 9.59. The number of ether oxygens (including phenoxy) is 1. The Hall–Kier alpha value is 0.0600. The summed E-state index contributed by atoms with van der Waals surface area (Å²) in [5, 5.41) is 0. The standard InChI is InChI=1S/C14H17Br2NO3/c15-11-7-4-8(12(11)16)10-9(7)13(18)17(14(10)19)5-6-2-1-3-20-6/h6-12H,1-5H2/t6-,7-,8-,9-,10-,11-,12+/m1/s1. The average molecular weight is 407 g/mol. The van der Waals surface area contributed by atoms with Crippen LogP contribution in [-0.4, -0.2) is 45.6 Å². The highest BCUT2D eigenvalue weighted by atomic mass is 79.9. The zero-order valence-corrected chi connectivity index (χ0v) is 14.2. The summed E-state index contributed by atoms with van der Waals surface area (Å²) in [5.74, 6) is 0.526. The Bertz CT molecular complexity index is 433. The van der Waals surface area contributed by atoms with Crippen LogP contribution in [0.1, 0.15) is 19.3 Å². The van der Waals surface area contributed by atoms with Crippen LogP contribution in [0.15, 0.2) is 0 Å². The first-order valence-electron chi connectivity index (χ1n) is 7.34. The van der Waals surface area contributed by atoms with Crippen molar-refractivity contribution in [3.05, 3.63) is 0 Å². The molecule has 2 bridgehead atoms. The van der Waals surface area contributed by atoms with E-state index in [1.54, 1.807) is 0 Å². The van der Waals surface area contributed by atoms with Gasteiger partial charge in [0.2, 0.25) is 11.8 Å². The molecule has 2 saturated heterocycles. The maximum absolute atomic E-state index is 12.6. The van der Waals surface area contributed by atoms with Gasteiger partial charge in [-0.1, -0.05) is 31.9 Å². The third kappa shape index (κ3) is 1.73. The molecule has 4 aliphatic rings. The molecule has 110 valence electrons. The highest BCUT2D eigenvalue weighted by molar-refractivity contribution is 9.12. The molecule has 2 saturated carbocycles. The predicted octanol–water partition coefficient (Wildman–Crippen LogP) is 1.94. The van der Waals surface area contributed by atoms with Crippen molar-refractivity contribution in [2.45, 2.75) is 35.0 Å². The highest BCUT2D eigenvalue weighted by Crippen LogP contribution is 2.60. The number of carbonyl (C=O) groups is 2. The molecule has 6 heteroatoms. The van der Waals surface area contributed by atoms with Crippen LogP contribution in [0.4, 0.5) is 0 Å². The minimum Gasteiger partial charge on any atom is -0.376 e. The van der Waals surface area contributed by atoms with Crippen molar-refractivity contribution in [2.75, 3.05) is 13.2 Å². The van der Waals surface area contributed by atoms with Gasteiger partial charge in [-0.2, -0.15) is 0 Å². The van der Waals surface area contributed by atoms with Gasteiger partial charge in [-0.05, 0) is 31.1 Å². The zero-order chi connectivity index (χ0) is 14.0. The molecule has 4 rings (SSSR count). The zero-order valence-electron chi connectivity index (χ0n) is 11.0.